The van der Waals surface area contributed by atoms with Crippen molar-refractivity contribution in [2.24, 2.45) is 0 Å². The highest BCUT2D eigenvalue weighted by molar-refractivity contribution is 6.21. The standard InChI is InChI=1S/C13H18ClNO.ClH/c1-13(2,3)15-11(9-14)12(16)10-7-5-4-6-8-10;/h4-8,11,15H,9H2,1-3H3;1H. The number of carbonyl (C=O) groups is 1. The third-order valence-corrected chi connectivity index (χ3v) is 2.44. The molecule has 0 bridgehead atoms. The van der Waals surface area contributed by atoms with Crippen LogP contribution < -0.4 is 5.32 Å². The lowest BCUT2D eigenvalue weighted by molar-refractivity contribution is 0.0937. The fourth-order valence-corrected chi connectivity index (χ4v) is 1.72. The Morgan fingerprint density at radius 2 is 1.82 bits per heavy atom. The van der Waals surface area contributed by atoms with Gasteiger partial charge >= 0.3 is 0 Å². The highest BCUT2D eigenvalue weighted by Crippen LogP contribution is 2.09. The van der Waals surface area contributed by atoms with Crippen molar-refractivity contribution in [1.29, 1.82) is 0 Å². The molecule has 0 saturated carbocycles. The molecule has 0 fully saturated rings. The molecule has 0 heterocycles. The van der Waals surface area contributed by atoms with Crippen LogP contribution in [0, 0.1) is 0 Å². The van der Waals surface area contributed by atoms with E-state index in [4.69, 9.17) is 11.6 Å². The van der Waals surface area contributed by atoms with Gasteiger partial charge < -0.3 is 5.32 Å². The van der Waals surface area contributed by atoms with Gasteiger partial charge in [0.1, 0.15) is 0 Å². The maximum absolute atomic E-state index is 12.1. The number of rotatable bonds is 4. The van der Waals surface area contributed by atoms with Gasteiger partial charge in [0.2, 0.25) is 0 Å². The molecule has 0 amide bonds. The van der Waals surface area contributed by atoms with Crippen molar-refractivity contribution >= 4 is 29.8 Å². The van der Waals surface area contributed by atoms with Crippen LogP contribution >= 0.6 is 24.0 Å². The highest BCUT2D eigenvalue weighted by Gasteiger charge is 2.23. The Morgan fingerprint density at radius 3 is 2.24 bits per heavy atom. The predicted molar refractivity (Wildman–Crippen MR) is 75.4 cm³/mol. The number of halogens is 2. The van der Waals surface area contributed by atoms with E-state index in [1.54, 1.807) is 0 Å². The zero-order valence-corrected chi connectivity index (χ0v) is 11.9. The number of ketones is 1. The minimum Gasteiger partial charge on any atom is -0.301 e. The first-order valence-electron chi connectivity index (χ1n) is 5.37. The molecular weight excluding hydrogens is 257 g/mol. The van der Waals surface area contributed by atoms with E-state index in [1.807, 2.05) is 51.1 Å². The Morgan fingerprint density at radius 1 is 1.29 bits per heavy atom. The van der Waals surface area contributed by atoms with Crippen LogP contribution in [-0.4, -0.2) is 23.2 Å². The molecule has 1 aromatic rings. The first-order valence-corrected chi connectivity index (χ1v) is 5.90. The minimum absolute atomic E-state index is 0. The van der Waals surface area contributed by atoms with E-state index in [0.717, 1.165) is 0 Å². The molecule has 1 rings (SSSR count). The van der Waals surface area contributed by atoms with Crippen LogP contribution in [0.3, 0.4) is 0 Å². The number of alkyl halides is 1. The number of benzene rings is 1. The smallest absolute Gasteiger partial charge is 0.180 e. The molecule has 17 heavy (non-hydrogen) atoms. The van der Waals surface area contributed by atoms with Gasteiger partial charge in [-0.2, -0.15) is 0 Å². The first-order chi connectivity index (χ1) is 7.44. The van der Waals surface area contributed by atoms with Gasteiger partial charge in [-0.25, -0.2) is 0 Å². The minimum atomic E-state index is -0.330. The van der Waals surface area contributed by atoms with Crippen LogP contribution in [0.4, 0.5) is 0 Å². The van der Waals surface area contributed by atoms with E-state index in [1.165, 1.54) is 0 Å². The maximum Gasteiger partial charge on any atom is 0.180 e. The molecule has 0 saturated heterocycles. The molecular formula is C13H19Cl2NO. The van der Waals surface area contributed by atoms with Crippen molar-refractivity contribution in [3.63, 3.8) is 0 Å². The molecule has 0 aliphatic heterocycles. The maximum atomic E-state index is 12.1. The lowest BCUT2D eigenvalue weighted by atomic mass is 10.0. The van der Waals surface area contributed by atoms with Crippen LogP contribution in [-0.2, 0) is 0 Å². The molecule has 1 aromatic carbocycles. The summed E-state index contributed by atoms with van der Waals surface area (Å²) in [5.41, 5.74) is 0.578. The average molecular weight is 276 g/mol. The van der Waals surface area contributed by atoms with E-state index in [0.29, 0.717) is 5.56 Å². The number of carbonyl (C=O) groups excluding carboxylic acids is 1. The Labute approximate surface area is 114 Å². The predicted octanol–water partition coefficient (Wildman–Crippen LogP) is 3.29. The summed E-state index contributed by atoms with van der Waals surface area (Å²) in [5, 5.41) is 3.22. The highest BCUT2D eigenvalue weighted by atomic mass is 35.5. The molecule has 2 nitrogen and oxygen atoms in total. The molecule has 1 N–H and O–H groups in total. The van der Waals surface area contributed by atoms with E-state index in [2.05, 4.69) is 5.32 Å². The Bertz CT molecular complexity index is 346. The lowest BCUT2D eigenvalue weighted by Crippen LogP contribution is -2.48. The van der Waals surface area contributed by atoms with Crippen molar-refractivity contribution in [3.8, 4) is 0 Å². The summed E-state index contributed by atoms with van der Waals surface area (Å²) in [6.45, 7) is 6.06. The van der Waals surface area contributed by atoms with Crippen LogP contribution in [0.1, 0.15) is 31.1 Å². The lowest BCUT2D eigenvalue weighted by Gasteiger charge is -2.26. The fourth-order valence-electron chi connectivity index (χ4n) is 1.50. The van der Waals surface area contributed by atoms with E-state index < -0.39 is 0 Å². The van der Waals surface area contributed by atoms with Crippen molar-refractivity contribution in [2.45, 2.75) is 32.4 Å². The molecule has 0 spiro atoms. The molecule has 0 aromatic heterocycles. The van der Waals surface area contributed by atoms with Gasteiger partial charge in [0, 0.05) is 17.0 Å². The molecule has 96 valence electrons. The van der Waals surface area contributed by atoms with Gasteiger partial charge in [0.05, 0.1) is 6.04 Å². The topological polar surface area (TPSA) is 29.1 Å². The average Bonchev–Trinajstić information content (AvgIpc) is 2.25. The number of hydrogen-bond donors (Lipinski definition) is 1. The van der Waals surface area contributed by atoms with Crippen LogP contribution in [0.25, 0.3) is 0 Å². The zero-order chi connectivity index (χ0) is 12.2. The van der Waals surface area contributed by atoms with Crippen LogP contribution in [0.2, 0.25) is 0 Å². The third-order valence-electron chi connectivity index (χ3n) is 2.14. The van der Waals surface area contributed by atoms with Gasteiger partial charge in [-0.1, -0.05) is 30.3 Å². The number of Topliss-reactive ketones (excluding diaryl/α,β-unsaturated/α-hetero) is 1. The largest absolute Gasteiger partial charge is 0.301 e. The van der Waals surface area contributed by atoms with Crippen LogP contribution in [0.15, 0.2) is 30.3 Å². The first kappa shape index (κ1) is 16.4. The third kappa shape index (κ3) is 5.53. The van der Waals surface area contributed by atoms with Crippen LogP contribution in [0.5, 0.6) is 0 Å². The molecule has 1 unspecified atom stereocenters. The second kappa shape index (κ2) is 7.00. The summed E-state index contributed by atoms with van der Waals surface area (Å²) in [6, 6.07) is 8.90. The van der Waals surface area contributed by atoms with E-state index >= 15 is 0 Å². The number of nitrogens with one attached hydrogen (secondary N) is 1. The van der Waals surface area contributed by atoms with Crippen molar-refractivity contribution < 1.29 is 4.79 Å². The second-order valence-electron chi connectivity index (χ2n) is 4.83. The fraction of sp³-hybridized carbons (Fsp3) is 0.462. The SMILES string of the molecule is CC(C)(C)NC(CCl)C(=O)c1ccccc1.Cl. The zero-order valence-electron chi connectivity index (χ0n) is 10.4. The van der Waals surface area contributed by atoms with Gasteiger partial charge in [0.25, 0.3) is 0 Å². The molecule has 0 aliphatic rings. The summed E-state index contributed by atoms with van der Waals surface area (Å²) in [5.74, 6) is 0.330. The normalized spacial score (nSPS) is 12.7. The van der Waals surface area contributed by atoms with Crippen molar-refractivity contribution in [1.82, 2.24) is 5.32 Å². The summed E-state index contributed by atoms with van der Waals surface area (Å²) in [7, 11) is 0. The van der Waals surface area contributed by atoms with Gasteiger partial charge in [-0.15, -0.1) is 24.0 Å². The van der Waals surface area contributed by atoms with Gasteiger partial charge in [-0.05, 0) is 20.8 Å². The molecule has 0 radical (unpaired) electrons. The second-order valence-corrected chi connectivity index (χ2v) is 5.14. The summed E-state index contributed by atoms with van der Waals surface area (Å²) < 4.78 is 0. The van der Waals surface area contributed by atoms with Gasteiger partial charge in [0.15, 0.2) is 5.78 Å². The Kier molecular flexibility index (Phi) is 6.76. The Balaban J connectivity index is 0.00000256. The molecule has 0 aliphatic carbocycles. The quantitative estimate of drug-likeness (QED) is 0.675. The molecule has 4 heteroatoms. The summed E-state index contributed by atoms with van der Waals surface area (Å²) >= 11 is 5.84. The Hall–Kier alpha value is -0.570. The van der Waals surface area contributed by atoms with E-state index in [9.17, 15) is 4.79 Å². The van der Waals surface area contributed by atoms with Crippen molar-refractivity contribution in [2.75, 3.05) is 5.88 Å². The van der Waals surface area contributed by atoms with Crippen molar-refractivity contribution in [3.05, 3.63) is 35.9 Å². The summed E-state index contributed by atoms with van der Waals surface area (Å²) in [4.78, 5) is 12.1. The van der Waals surface area contributed by atoms with Gasteiger partial charge in [-0.3, -0.25) is 4.79 Å². The molecule has 1 atom stereocenters. The van der Waals surface area contributed by atoms with E-state index in [-0.39, 0.29) is 35.7 Å². The number of hydrogen-bond acceptors (Lipinski definition) is 2. The summed E-state index contributed by atoms with van der Waals surface area (Å²) in [6.07, 6.45) is 0. The monoisotopic (exact) mass is 275 g/mol.